The van der Waals surface area contributed by atoms with Crippen LogP contribution in [-0.2, 0) is 11.0 Å². The first kappa shape index (κ1) is 13.7. The Kier molecular flexibility index (Phi) is 4.00. The Bertz CT molecular complexity index is 585. The number of rotatable bonds is 5. The number of carbonyl (C=O) groups excluding carboxylic acids is 1. The highest BCUT2D eigenvalue weighted by molar-refractivity contribution is 7.53. The Morgan fingerprint density at radius 2 is 1.84 bits per heavy atom. The summed E-state index contributed by atoms with van der Waals surface area (Å²) in [4.78, 5) is 30.8. The molecule has 2 aromatic rings. The van der Waals surface area contributed by atoms with Gasteiger partial charge in [0.25, 0.3) is 0 Å². The van der Waals surface area contributed by atoms with E-state index in [1.165, 1.54) is 18.4 Å². The molecule has 0 saturated carbocycles. The van der Waals surface area contributed by atoms with E-state index in [2.05, 4.69) is 0 Å². The summed E-state index contributed by atoms with van der Waals surface area (Å²) in [6.07, 6.45) is 1.27. The molecule has 5 nitrogen and oxygen atoms in total. The lowest BCUT2D eigenvalue weighted by atomic mass is 10.1. The molecule has 0 spiro atoms. The van der Waals surface area contributed by atoms with Crippen LogP contribution in [0.3, 0.4) is 0 Å². The third kappa shape index (κ3) is 3.41. The normalized spacial score (nSPS) is 13.2. The number of furan rings is 1. The summed E-state index contributed by atoms with van der Waals surface area (Å²) in [6.45, 7) is 0. The van der Waals surface area contributed by atoms with Crippen molar-refractivity contribution in [2.24, 2.45) is 0 Å². The maximum atomic E-state index is 12.1. The predicted molar refractivity (Wildman–Crippen MR) is 69.0 cm³/mol. The van der Waals surface area contributed by atoms with Crippen molar-refractivity contribution in [2.45, 2.75) is 12.1 Å². The molecule has 0 fully saturated rings. The van der Waals surface area contributed by atoms with Crippen LogP contribution in [-0.4, -0.2) is 21.2 Å². The first-order chi connectivity index (χ1) is 8.98. The molecule has 2 N–H and O–H groups in total. The number of hydrogen-bond donors (Lipinski definition) is 2. The summed E-state index contributed by atoms with van der Waals surface area (Å²) in [5.41, 5.74) is -0.725. The van der Waals surface area contributed by atoms with E-state index in [0.29, 0.717) is 5.56 Å². The van der Waals surface area contributed by atoms with Crippen LogP contribution in [0, 0.1) is 0 Å². The topological polar surface area (TPSA) is 87.7 Å². The van der Waals surface area contributed by atoms with Gasteiger partial charge in [-0.15, -0.1) is 0 Å². The molecule has 0 aliphatic heterocycles. The Morgan fingerprint density at radius 1 is 1.16 bits per heavy atom. The largest absolute Gasteiger partial charge is 0.461 e. The van der Waals surface area contributed by atoms with Gasteiger partial charge in [-0.3, -0.25) is 9.36 Å². The molecule has 0 radical (unpaired) electrons. The quantitative estimate of drug-likeness (QED) is 0.648. The average Bonchev–Trinajstić information content (AvgIpc) is 2.89. The second kappa shape index (κ2) is 5.53. The van der Waals surface area contributed by atoms with Crippen LogP contribution < -0.4 is 0 Å². The minimum Gasteiger partial charge on any atom is -0.461 e. The number of hydrogen-bond acceptors (Lipinski definition) is 3. The molecule has 100 valence electrons. The van der Waals surface area contributed by atoms with Crippen LogP contribution in [0.4, 0.5) is 0 Å². The molecule has 6 heteroatoms. The van der Waals surface area contributed by atoms with Crippen LogP contribution in [0.25, 0.3) is 0 Å². The minimum absolute atomic E-state index is 0.0232. The summed E-state index contributed by atoms with van der Waals surface area (Å²) in [5, 5.41) is 0. The zero-order chi connectivity index (χ0) is 13.9. The predicted octanol–water partition coefficient (Wildman–Crippen LogP) is 2.25. The standard InChI is InChI=1S/C13H13O5P/c14-13(11-7-4-8-18-11)12(19(15,16)17)9-10-5-2-1-3-6-10/h1-8,12H,9H2,(H2,15,16,17). The molecule has 0 aliphatic rings. The zero-order valence-corrected chi connectivity index (χ0v) is 10.9. The molecule has 0 aliphatic carbocycles. The Hall–Kier alpha value is -1.68. The van der Waals surface area contributed by atoms with Crippen LogP contribution in [0.1, 0.15) is 16.1 Å². The summed E-state index contributed by atoms with van der Waals surface area (Å²) in [7, 11) is -4.55. The first-order valence-electron chi connectivity index (χ1n) is 5.65. The van der Waals surface area contributed by atoms with Crippen molar-refractivity contribution in [1.29, 1.82) is 0 Å². The highest BCUT2D eigenvalue weighted by atomic mass is 31.2. The highest BCUT2D eigenvalue weighted by Crippen LogP contribution is 2.44. The molecule has 0 saturated heterocycles. The lowest BCUT2D eigenvalue weighted by molar-refractivity contribution is 0.0950. The summed E-state index contributed by atoms with van der Waals surface area (Å²) >= 11 is 0. The van der Waals surface area contributed by atoms with Gasteiger partial charge in [0.2, 0.25) is 5.78 Å². The van der Waals surface area contributed by atoms with E-state index in [1.807, 2.05) is 0 Å². The second-order valence-electron chi connectivity index (χ2n) is 4.14. The number of Topliss-reactive ketones (excluding diaryl/α,β-unsaturated/α-hetero) is 1. The van der Waals surface area contributed by atoms with Gasteiger partial charge >= 0.3 is 7.60 Å². The Labute approximate surface area is 110 Å². The van der Waals surface area contributed by atoms with E-state index in [4.69, 9.17) is 4.42 Å². The SMILES string of the molecule is O=C(c1ccco1)C(Cc1ccccc1)P(=O)(O)O. The minimum atomic E-state index is -4.55. The van der Waals surface area contributed by atoms with Crippen LogP contribution in [0.15, 0.2) is 53.1 Å². The number of ketones is 1. The summed E-state index contributed by atoms with van der Waals surface area (Å²) in [6, 6.07) is 11.6. The van der Waals surface area contributed by atoms with Crippen molar-refractivity contribution in [1.82, 2.24) is 0 Å². The molecule has 1 unspecified atom stereocenters. The third-order valence-corrected chi connectivity index (χ3v) is 3.97. The van der Waals surface area contributed by atoms with Crippen molar-refractivity contribution in [3.63, 3.8) is 0 Å². The Morgan fingerprint density at radius 3 is 2.37 bits per heavy atom. The molecule has 1 heterocycles. The zero-order valence-electron chi connectivity index (χ0n) is 9.97. The van der Waals surface area contributed by atoms with Crippen molar-refractivity contribution in [3.05, 3.63) is 60.1 Å². The van der Waals surface area contributed by atoms with Gasteiger partial charge < -0.3 is 14.2 Å². The van der Waals surface area contributed by atoms with Gasteiger partial charge in [-0.25, -0.2) is 0 Å². The molecular formula is C13H13O5P. The van der Waals surface area contributed by atoms with Crippen LogP contribution >= 0.6 is 7.60 Å². The van der Waals surface area contributed by atoms with E-state index >= 15 is 0 Å². The summed E-state index contributed by atoms with van der Waals surface area (Å²) < 4.78 is 16.4. The molecule has 1 atom stereocenters. The van der Waals surface area contributed by atoms with E-state index in [1.54, 1.807) is 30.3 Å². The lowest BCUT2D eigenvalue weighted by Gasteiger charge is -2.16. The second-order valence-corrected chi connectivity index (χ2v) is 5.94. The maximum Gasteiger partial charge on any atom is 0.336 e. The van der Waals surface area contributed by atoms with Gasteiger partial charge in [-0.2, -0.15) is 0 Å². The molecule has 0 amide bonds. The van der Waals surface area contributed by atoms with Crippen molar-refractivity contribution >= 4 is 13.4 Å². The van der Waals surface area contributed by atoms with Gasteiger partial charge in [0.1, 0.15) is 5.66 Å². The van der Waals surface area contributed by atoms with Gasteiger partial charge in [0.05, 0.1) is 6.26 Å². The van der Waals surface area contributed by atoms with Gasteiger partial charge in [-0.1, -0.05) is 30.3 Å². The van der Waals surface area contributed by atoms with E-state index in [0.717, 1.165) is 0 Å². The smallest absolute Gasteiger partial charge is 0.336 e. The van der Waals surface area contributed by atoms with E-state index < -0.39 is 19.0 Å². The fraction of sp³-hybridized carbons (Fsp3) is 0.154. The van der Waals surface area contributed by atoms with Gasteiger partial charge in [0, 0.05) is 0 Å². The first-order valence-corrected chi connectivity index (χ1v) is 7.33. The van der Waals surface area contributed by atoms with Gasteiger partial charge in [-0.05, 0) is 24.1 Å². The van der Waals surface area contributed by atoms with Crippen molar-refractivity contribution in [2.75, 3.05) is 0 Å². The fourth-order valence-corrected chi connectivity index (χ4v) is 2.67. The molecule has 0 bridgehead atoms. The third-order valence-electron chi connectivity index (χ3n) is 2.74. The maximum absolute atomic E-state index is 12.1. The van der Waals surface area contributed by atoms with Crippen LogP contribution in [0.2, 0.25) is 0 Å². The van der Waals surface area contributed by atoms with Gasteiger partial charge in [0.15, 0.2) is 5.76 Å². The van der Waals surface area contributed by atoms with Crippen molar-refractivity contribution < 1.29 is 23.6 Å². The fourth-order valence-electron chi connectivity index (χ4n) is 1.78. The molecule has 1 aromatic carbocycles. The molecule has 1 aromatic heterocycles. The molecule has 19 heavy (non-hydrogen) atoms. The van der Waals surface area contributed by atoms with Crippen molar-refractivity contribution in [3.8, 4) is 0 Å². The highest BCUT2D eigenvalue weighted by Gasteiger charge is 2.37. The lowest BCUT2D eigenvalue weighted by Crippen LogP contribution is -2.23. The van der Waals surface area contributed by atoms with E-state index in [-0.39, 0.29) is 12.2 Å². The number of benzene rings is 1. The summed E-state index contributed by atoms with van der Waals surface area (Å²) in [5.74, 6) is -0.716. The number of carbonyl (C=O) groups is 1. The monoisotopic (exact) mass is 280 g/mol. The molecule has 2 rings (SSSR count). The molecular weight excluding hydrogens is 267 g/mol. The van der Waals surface area contributed by atoms with Crippen LogP contribution in [0.5, 0.6) is 0 Å². The Balaban J connectivity index is 2.28. The van der Waals surface area contributed by atoms with E-state index in [9.17, 15) is 19.1 Å². The average molecular weight is 280 g/mol.